The van der Waals surface area contributed by atoms with Gasteiger partial charge in [-0.1, -0.05) is 24.3 Å². The highest BCUT2D eigenvalue weighted by Crippen LogP contribution is 2.42. The number of nitrogens with one attached hydrogen (secondary N) is 1. The van der Waals surface area contributed by atoms with E-state index in [1.165, 1.54) is 34.8 Å². The van der Waals surface area contributed by atoms with Crippen LogP contribution >= 0.6 is 0 Å². The topological polar surface area (TPSA) is 45.3 Å². The number of methoxy groups -OCH3 is 1. The molecular formula is C19H22N2O2. The third-order valence-electron chi connectivity index (χ3n) is 5.42. The largest absolute Gasteiger partial charge is 0.469 e. The standard InChI is InChI=1S/C19H22N2O2/c1-3-12-11-21-9-8-14-13-6-4-5-7-16(13)20-18(14)17(21)10-15(12)19(22)23-2/h3-7,15,17,20H,8-11H2,1-2H3/b12-3-. The van der Waals surface area contributed by atoms with Crippen molar-refractivity contribution in [1.82, 2.24) is 9.88 Å². The van der Waals surface area contributed by atoms with E-state index in [-0.39, 0.29) is 17.9 Å². The van der Waals surface area contributed by atoms with Gasteiger partial charge in [0.15, 0.2) is 0 Å². The number of fused-ring (bicyclic) bond motifs is 5. The molecule has 1 fully saturated rings. The molecule has 4 heteroatoms. The quantitative estimate of drug-likeness (QED) is 0.650. The average molecular weight is 310 g/mol. The molecule has 2 aromatic rings. The van der Waals surface area contributed by atoms with Crippen LogP contribution in [0.2, 0.25) is 0 Å². The number of carbonyl (C=O) groups is 1. The van der Waals surface area contributed by atoms with Gasteiger partial charge in [-0.2, -0.15) is 0 Å². The summed E-state index contributed by atoms with van der Waals surface area (Å²) >= 11 is 0. The fourth-order valence-electron chi connectivity index (χ4n) is 4.23. The molecule has 0 amide bonds. The van der Waals surface area contributed by atoms with Gasteiger partial charge in [0, 0.05) is 29.7 Å². The minimum atomic E-state index is -0.122. The highest BCUT2D eigenvalue weighted by Gasteiger charge is 2.40. The van der Waals surface area contributed by atoms with Crippen molar-refractivity contribution in [1.29, 1.82) is 0 Å². The first-order chi connectivity index (χ1) is 11.2. The number of H-pyrrole nitrogens is 1. The van der Waals surface area contributed by atoms with Crippen LogP contribution < -0.4 is 0 Å². The van der Waals surface area contributed by atoms with Crippen LogP contribution in [0.3, 0.4) is 0 Å². The zero-order valence-electron chi connectivity index (χ0n) is 13.6. The zero-order chi connectivity index (χ0) is 16.0. The van der Waals surface area contributed by atoms with Crippen LogP contribution in [0.15, 0.2) is 35.9 Å². The lowest BCUT2D eigenvalue weighted by molar-refractivity contribution is -0.145. The van der Waals surface area contributed by atoms with Crippen molar-refractivity contribution in [2.45, 2.75) is 25.8 Å². The molecule has 0 radical (unpaired) electrons. The summed E-state index contributed by atoms with van der Waals surface area (Å²) in [5, 5.41) is 1.33. The maximum Gasteiger partial charge on any atom is 0.312 e. The Morgan fingerprint density at radius 3 is 3.00 bits per heavy atom. The monoisotopic (exact) mass is 310 g/mol. The summed E-state index contributed by atoms with van der Waals surface area (Å²) in [4.78, 5) is 18.3. The molecule has 0 aliphatic carbocycles. The van der Waals surface area contributed by atoms with Crippen LogP contribution in [0.5, 0.6) is 0 Å². The average Bonchev–Trinajstić information content (AvgIpc) is 2.98. The number of carbonyl (C=O) groups excluding carboxylic acids is 1. The lowest BCUT2D eigenvalue weighted by Crippen LogP contribution is -2.44. The van der Waals surface area contributed by atoms with E-state index in [4.69, 9.17) is 4.74 Å². The Labute approximate surface area is 136 Å². The van der Waals surface area contributed by atoms with Gasteiger partial charge in [0.05, 0.1) is 19.1 Å². The van der Waals surface area contributed by atoms with Crippen molar-refractivity contribution in [3.63, 3.8) is 0 Å². The van der Waals surface area contributed by atoms with Gasteiger partial charge in [0.25, 0.3) is 0 Å². The second kappa shape index (κ2) is 5.53. The van der Waals surface area contributed by atoms with Crippen molar-refractivity contribution in [3.8, 4) is 0 Å². The molecule has 3 heterocycles. The number of hydrogen-bond acceptors (Lipinski definition) is 3. The van der Waals surface area contributed by atoms with Gasteiger partial charge in [0.1, 0.15) is 0 Å². The van der Waals surface area contributed by atoms with E-state index in [0.717, 1.165) is 25.9 Å². The number of ether oxygens (including phenoxy) is 1. The number of allylic oxidation sites excluding steroid dienone is 1. The van der Waals surface area contributed by atoms with E-state index >= 15 is 0 Å². The maximum atomic E-state index is 12.2. The van der Waals surface area contributed by atoms with Crippen LogP contribution in [-0.4, -0.2) is 36.1 Å². The lowest BCUT2D eigenvalue weighted by Gasteiger charge is -2.42. The molecule has 4 rings (SSSR count). The van der Waals surface area contributed by atoms with Gasteiger partial charge in [0.2, 0.25) is 0 Å². The van der Waals surface area contributed by atoms with Gasteiger partial charge in [-0.05, 0) is 37.0 Å². The molecule has 1 aromatic carbocycles. The van der Waals surface area contributed by atoms with Crippen LogP contribution in [0.4, 0.5) is 0 Å². The first-order valence-electron chi connectivity index (χ1n) is 8.29. The van der Waals surface area contributed by atoms with E-state index < -0.39 is 0 Å². The molecule has 1 N–H and O–H groups in total. The number of piperidine rings is 1. The Bertz CT molecular complexity index is 790. The van der Waals surface area contributed by atoms with E-state index in [2.05, 4.69) is 40.2 Å². The molecule has 2 atom stereocenters. The molecule has 120 valence electrons. The highest BCUT2D eigenvalue weighted by molar-refractivity contribution is 5.85. The van der Waals surface area contributed by atoms with Crippen LogP contribution in [-0.2, 0) is 16.0 Å². The fraction of sp³-hybridized carbons (Fsp3) is 0.421. The number of esters is 1. The third-order valence-corrected chi connectivity index (χ3v) is 5.42. The summed E-state index contributed by atoms with van der Waals surface area (Å²) in [6, 6.07) is 8.77. The summed E-state index contributed by atoms with van der Waals surface area (Å²) < 4.78 is 5.04. The molecule has 1 aromatic heterocycles. The summed E-state index contributed by atoms with van der Waals surface area (Å²) in [6.45, 7) is 3.92. The molecule has 4 nitrogen and oxygen atoms in total. The molecular weight excluding hydrogens is 288 g/mol. The van der Waals surface area contributed by atoms with Crippen molar-refractivity contribution >= 4 is 16.9 Å². The van der Waals surface area contributed by atoms with Gasteiger partial charge < -0.3 is 9.72 Å². The van der Waals surface area contributed by atoms with Crippen molar-refractivity contribution in [2.24, 2.45) is 5.92 Å². The Hall–Kier alpha value is -2.07. The van der Waals surface area contributed by atoms with E-state index in [1.54, 1.807) is 0 Å². The predicted molar refractivity (Wildman–Crippen MR) is 90.2 cm³/mol. The number of para-hydroxylation sites is 1. The SMILES string of the molecule is C/C=C1/CN2CCc3c([nH]c4ccccc34)C2CC1C(=O)OC. The molecule has 2 aliphatic rings. The maximum absolute atomic E-state index is 12.2. The normalized spacial score (nSPS) is 26.1. The van der Waals surface area contributed by atoms with E-state index in [0.29, 0.717) is 0 Å². The predicted octanol–water partition coefficient (Wildman–Crippen LogP) is 3.21. The van der Waals surface area contributed by atoms with Gasteiger partial charge in [-0.3, -0.25) is 9.69 Å². The first-order valence-corrected chi connectivity index (χ1v) is 8.29. The Balaban J connectivity index is 1.76. The number of aromatic nitrogens is 1. The molecule has 0 saturated carbocycles. The molecule has 1 saturated heterocycles. The summed E-state index contributed by atoms with van der Waals surface area (Å²) in [6.07, 6.45) is 3.94. The summed E-state index contributed by atoms with van der Waals surface area (Å²) in [5.41, 5.74) is 5.11. The minimum Gasteiger partial charge on any atom is -0.469 e. The highest BCUT2D eigenvalue weighted by atomic mass is 16.5. The van der Waals surface area contributed by atoms with Gasteiger partial charge in [-0.25, -0.2) is 0 Å². The van der Waals surface area contributed by atoms with E-state index in [1.807, 2.05) is 6.92 Å². The smallest absolute Gasteiger partial charge is 0.312 e. The molecule has 2 aliphatic heterocycles. The number of hydrogen-bond donors (Lipinski definition) is 1. The first kappa shape index (κ1) is 14.5. The molecule has 23 heavy (non-hydrogen) atoms. The van der Waals surface area contributed by atoms with Gasteiger partial charge >= 0.3 is 5.97 Å². The number of aromatic amines is 1. The van der Waals surface area contributed by atoms with Crippen molar-refractivity contribution in [3.05, 3.63) is 47.2 Å². The zero-order valence-corrected chi connectivity index (χ0v) is 13.6. The molecule has 0 spiro atoms. The third kappa shape index (κ3) is 2.20. The number of nitrogens with zero attached hydrogens (tertiary/aromatic N) is 1. The Kier molecular flexibility index (Phi) is 3.49. The lowest BCUT2D eigenvalue weighted by atomic mass is 9.82. The van der Waals surface area contributed by atoms with E-state index in [9.17, 15) is 4.79 Å². The Morgan fingerprint density at radius 1 is 1.39 bits per heavy atom. The second-order valence-corrected chi connectivity index (χ2v) is 6.47. The van der Waals surface area contributed by atoms with Crippen LogP contribution in [0.25, 0.3) is 10.9 Å². The minimum absolute atomic E-state index is 0.110. The molecule has 2 unspecified atom stereocenters. The second-order valence-electron chi connectivity index (χ2n) is 6.47. The fourth-order valence-corrected chi connectivity index (χ4v) is 4.23. The van der Waals surface area contributed by atoms with Crippen molar-refractivity contribution in [2.75, 3.05) is 20.2 Å². The number of rotatable bonds is 1. The van der Waals surface area contributed by atoms with Crippen LogP contribution in [0.1, 0.15) is 30.6 Å². The number of benzene rings is 1. The molecule has 0 bridgehead atoms. The summed E-state index contributed by atoms with van der Waals surface area (Å²) in [7, 11) is 1.48. The Morgan fingerprint density at radius 2 is 2.22 bits per heavy atom. The summed E-state index contributed by atoms with van der Waals surface area (Å²) in [5.74, 6) is -0.232. The van der Waals surface area contributed by atoms with Crippen LogP contribution in [0, 0.1) is 5.92 Å². The van der Waals surface area contributed by atoms with Crippen molar-refractivity contribution < 1.29 is 9.53 Å². The van der Waals surface area contributed by atoms with Gasteiger partial charge in [-0.15, -0.1) is 0 Å².